The number of hydrogen-bond acceptors (Lipinski definition) is 2. The van der Waals surface area contributed by atoms with Crippen LogP contribution in [-0.2, 0) is 6.54 Å². The maximum atomic E-state index is 13.0. The van der Waals surface area contributed by atoms with Crippen LogP contribution in [0.1, 0.15) is 54.2 Å². The maximum absolute atomic E-state index is 13.0. The Morgan fingerprint density at radius 3 is 2.54 bits per heavy atom. The molecule has 138 valence electrons. The van der Waals surface area contributed by atoms with Gasteiger partial charge in [-0.25, -0.2) is 4.39 Å². The van der Waals surface area contributed by atoms with Crippen LogP contribution in [0.3, 0.4) is 0 Å². The molecule has 1 N–H and O–H groups in total. The van der Waals surface area contributed by atoms with Gasteiger partial charge >= 0.3 is 0 Å². The molecular weight excluding hydrogens is 327 g/mol. The van der Waals surface area contributed by atoms with Gasteiger partial charge in [-0.05, 0) is 67.6 Å². The van der Waals surface area contributed by atoms with Crippen LogP contribution in [0.15, 0.2) is 48.5 Å². The van der Waals surface area contributed by atoms with Crippen LogP contribution in [0, 0.1) is 11.7 Å². The van der Waals surface area contributed by atoms with Gasteiger partial charge in [0, 0.05) is 18.7 Å². The van der Waals surface area contributed by atoms with Gasteiger partial charge in [-0.15, -0.1) is 0 Å². The monoisotopic (exact) mass is 354 g/mol. The summed E-state index contributed by atoms with van der Waals surface area (Å²) in [6.07, 6.45) is 2.59. The van der Waals surface area contributed by atoms with E-state index in [1.54, 1.807) is 12.1 Å². The molecule has 2 atom stereocenters. The molecule has 3 nitrogen and oxygen atoms in total. The second-order valence-corrected chi connectivity index (χ2v) is 7.43. The van der Waals surface area contributed by atoms with Gasteiger partial charge in [-0.2, -0.15) is 0 Å². The molecule has 0 spiro atoms. The lowest BCUT2D eigenvalue weighted by molar-refractivity contribution is 0.0940. The minimum absolute atomic E-state index is 0.111. The lowest BCUT2D eigenvalue weighted by atomic mass is 9.99. The molecule has 2 aromatic rings. The molecule has 1 fully saturated rings. The van der Waals surface area contributed by atoms with E-state index in [0.717, 1.165) is 31.1 Å². The molecular formula is C22H27FN2O. The van der Waals surface area contributed by atoms with E-state index >= 15 is 0 Å². The van der Waals surface area contributed by atoms with Gasteiger partial charge < -0.3 is 5.32 Å². The van der Waals surface area contributed by atoms with E-state index in [0.29, 0.717) is 5.56 Å². The molecule has 1 amide bonds. The molecule has 0 radical (unpaired) electrons. The van der Waals surface area contributed by atoms with Crippen molar-refractivity contribution < 1.29 is 9.18 Å². The van der Waals surface area contributed by atoms with Crippen molar-refractivity contribution in [3.05, 3.63) is 71.0 Å². The smallest absolute Gasteiger partial charge is 0.251 e. The predicted molar refractivity (Wildman–Crippen MR) is 102 cm³/mol. The third-order valence-corrected chi connectivity index (χ3v) is 5.08. The van der Waals surface area contributed by atoms with Crippen molar-refractivity contribution in [3.8, 4) is 0 Å². The summed E-state index contributed by atoms with van der Waals surface area (Å²) in [6.45, 7) is 7.45. The zero-order chi connectivity index (χ0) is 18.5. The van der Waals surface area contributed by atoms with Crippen molar-refractivity contribution in [1.29, 1.82) is 0 Å². The first-order chi connectivity index (χ1) is 12.5. The zero-order valence-corrected chi connectivity index (χ0v) is 15.5. The van der Waals surface area contributed by atoms with Crippen molar-refractivity contribution in [1.82, 2.24) is 10.2 Å². The number of nitrogens with one attached hydrogen (secondary N) is 1. The fourth-order valence-corrected chi connectivity index (χ4v) is 3.56. The summed E-state index contributed by atoms with van der Waals surface area (Å²) in [7, 11) is 0. The Labute approximate surface area is 155 Å². The predicted octanol–water partition coefficient (Wildman–Crippen LogP) is 4.55. The number of likely N-dealkylation sites (tertiary alicyclic amines) is 1. The summed E-state index contributed by atoms with van der Waals surface area (Å²) in [5, 5.41) is 2.97. The summed E-state index contributed by atoms with van der Waals surface area (Å²) in [6, 6.07) is 13.9. The van der Waals surface area contributed by atoms with Crippen LogP contribution < -0.4 is 5.32 Å². The van der Waals surface area contributed by atoms with Crippen LogP contribution in [0.5, 0.6) is 0 Å². The largest absolute Gasteiger partial charge is 0.346 e. The molecule has 2 aromatic carbocycles. The summed E-state index contributed by atoms with van der Waals surface area (Å²) in [4.78, 5) is 14.9. The van der Waals surface area contributed by atoms with E-state index in [9.17, 15) is 9.18 Å². The van der Waals surface area contributed by atoms with Gasteiger partial charge in [0.05, 0.1) is 6.04 Å². The quantitative estimate of drug-likeness (QED) is 0.854. The van der Waals surface area contributed by atoms with Crippen molar-refractivity contribution in [2.24, 2.45) is 5.92 Å². The number of piperidine rings is 1. The lowest BCUT2D eigenvalue weighted by Crippen LogP contribution is -2.33. The Morgan fingerprint density at radius 1 is 1.19 bits per heavy atom. The molecule has 1 heterocycles. The van der Waals surface area contributed by atoms with Crippen LogP contribution in [0.2, 0.25) is 0 Å². The second kappa shape index (κ2) is 8.45. The molecule has 1 aliphatic rings. The fraction of sp³-hybridized carbons (Fsp3) is 0.409. The standard InChI is InChI=1S/C22H27FN2O/c1-16-4-3-13-25(14-16)15-18-5-7-20(8-6-18)22(26)24-17(2)19-9-11-21(23)12-10-19/h5-12,16-17H,3-4,13-15H2,1-2H3,(H,24,26). The molecule has 2 unspecified atom stereocenters. The van der Waals surface area contributed by atoms with Gasteiger partial charge in [0.2, 0.25) is 0 Å². The van der Waals surface area contributed by atoms with E-state index in [4.69, 9.17) is 0 Å². The van der Waals surface area contributed by atoms with Crippen molar-refractivity contribution in [2.45, 2.75) is 39.3 Å². The number of rotatable bonds is 5. The van der Waals surface area contributed by atoms with Crippen LogP contribution in [-0.4, -0.2) is 23.9 Å². The number of halogens is 1. The second-order valence-electron chi connectivity index (χ2n) is 7.43. The van der Waals surface area contributed by atoms with E-state index in [-0.39, 0.29) is 17.8 Å². The first-order valence-electron chi connectivity index (χ1n) is 9.39. The highest BCUT2D eigenvalue weighted by molar-refractivity contribution is 5.94. The third-order valence-electron chi connectivity index (χ3n) is 5.08. The Kier molecular flexibility index (Phi) is 6.04. The topological polar surface area (TPSA) is 32.3 Å². The normalized spacial score (nSPS) is 19.1. The highest BCUT2D eigenvalue weighted by Crippen LogP contribution is 2.18. The van der Waals surface area contributed by atoms with E-state index in [1.165, 1.54) is 30.5 Å². The Balaban J connectivity index is 1.57. The number of benzene rings is 2. The highest BCUT2D eigenvalue weighted by atomic mass is 19.1. The van der Waals surface area contributed by atoms with E-state index in [2.05, 4.69) is 17.1 Å². The maximum Gasteiger partial charge on any atom is 0.251 e. The van der Waals surface area contributed by atoms with Gasteiger partial charge in [0.15, 0.2) is 0 Å². The minimum atomic E-state index is -0.272. The first kappa shape index (κ1) is 18.6. The summed E-state index contributed by atoms with van der Waals surface area (Å²) >= 11 is 0. The van der Waals surface area contributed by atoms with Crippen molar-refractivity contribution in [3.63, 3.8) is 0 Å². The number of carbonyl (C=O) groups excluding carboxylic acids is 1. The Morgan fingerprint density at radius 2 is 1.88 bits per heavy atom. The Hall–Kier alpha value is -2.20. The molecule has 1 saturated heterocycles. The number of nitrogens with zero attached hydrogens (tertiary/aromatic N) is 1. The molecule has 0 bridgehead atoms. The molecule has 0 saturated carbocycles. The van der Waals surface area contributed by atoms with Gasteiger partial charge in [-0.1, -0.05) is 31.2 Å². The molecule has 26 heavy (non-hydrogen) atoms. The number of carbonyl (C=O) groups is 1. The van der Waals surface area contributed by atoms with Crippen molar-refractivity contribution >= 4 is 5.91 Å². The van der Waals surface area contributed by atoms with Crippen molar-refractivity contribution in [2.75, 3.05) is 13.1 Å². The highest BCUT2D eigenvalue weighted by Gasteiger charge is 2.16. The van der Waals surface area contributed by atoms with Gasteiger partial charge in [0.25, 0.3) is 5.91 Å². The van der Waals surface area contributed by atoms with E-state index < -0.39 is 0 Å². The molecule has 1 aliphatic heterocycles. The SMILES string of the molecule is CC1CCCN(Cc2ccc(C(=O)NC(C)c3ccc(F)cc3)cc2)C1. The summed E-state index contributed by atoms with van der Waals surface area (Å²) in [5.41, 5.74) is 2.77. The first-order valence-corrected chi connectivity index (χ1v) is 9.39. The average molecular weight is 354 g/mol. The lowest BCUT2D eigenvalue weighted by Gasteiger charge is -2.30. The van der Waals surface area contributed by atoms with Crippen LogP contribution >= 0.6 is 0 Å². The third kappa shape index (κ3) is 4.92. The molecule has 4 heteroatoms. The van der Waals surface area contributed by atoms with Crippen LogP contribution in [0.4, 0.5) is 4.39 Å². The molecule has 0 aromatic heterocycles. The van der Waals surface area contributed by atoms with Gasteiger partial charge in [-0.3, -0.25) is 9.69 Å². The van der Waals surface area contributed by atoms with E-state index in [1.807, 2.05) is 31.2 Å². The average Bonchev–Trinajstić information content (AvgIpc) is 2.63. The van der Waals surface area contributed by atoms with Crippen LogP contribution in [0.25, 0.3) is 0 Å². The number of amides is 1. The minimum Gasteiger partial charge on any atom is -0.346 e. The zero-order valence-electron chi connectivity index (χ0n) is 15.5. The Bertz CT molecular complexity index is 727. The fourth-order valence-electron chi connectivity index (χ4n) is 3.56. The summed E-state index contributed by atoms with van der Waals surface area (Å²) in [5.74, 6) is 0.382. The molecule has 0 aliphatic carbocycles. The molecule has 3 rings (SSSR count). The summed E-state index contributed by atoms with van der Waals surface area (Å²) < 4.78 is 13.0. The van der Waals surface area contributed by atoms with Gasteiger partial charge in [0.1, 0.15) is 5.82 Å². The number of hydrogen-bond donors (Lipinski definition) is 1.